The lowest BCUT2D eigenvalue weighted by Gasteiger charge is -2.16. The van der Waals surface area contributed by atoms with Gasteiger partial charge in [-0.1, -0.05) is 29.6 Å². The molecular weight excluding hydrogens is 279 g/mol. The van der Waals surface area contributed by atoms with E-state index in [2.05, 4.69) is 5.32 Å². The molecule has 1 aliphatic carbocycles. The number of hydrogen-bond donors (Lipinski definition) is 1. The number of aromatic nitrogens is 1. The molecule has 100 valence electrons. The van der Waals surface area contributed by atoms with Crippen LogP contribution in [-0.2, 0) is 12.8 Å². The maximum Gasteiger partial charge on any atom is 0.0927 e. The van der Waals surface area contributed by atoms with Gasteiger partial charge in [-0.15, -0.1) is 0 Å². The van der Waals surface area contributed by atoms with Gasteiger partial charge >= 0.3 is 0 Å². The minimum absolute atomic E-state index is 0.669. The molecule has 0 amide bonds. The van der Waals surface area contributed by atoms with Crippen molar-refractivity contribution in [3.05, 3.63) is 33.4 Å². The van der Waals surface area contributed by atoms with Crippen molar-refractivity contribution in [1.29, 1.82) is 0 Å². The molecular formula is C15H16Cl2N2. The first-order chi connectivity index (χ1) is 9.22. The third-order valence-electron chi connectivity index (χ3n) is 3.82. The first-order valence-electron chi connectivity index (χ1n) is 6.69. The second kappa shape index (κ2) is 5.18. The van der Waals surface area contributed by atoms with E-state index in [1.54, 1.807) is 0 Å². The van der Waals surface area contributed by atoms with Crippen molar-refractivity contribution in [3.63, 3.8) is 0 Å². The Labute approximate surface area is 123 Å². The second-order valence-corrected chi connectivity index (χ2v) is 5.79. The van der Waals surface area contributed by atoms with Gasteiger partial charge in [0, 0.05) is 23.8 Å². The van der Waals surface area contributed by atoms with Gasteiger partial charge in [-0.25, -0.2) is 0 Å². The molecule has 1 aromatic heterocycles. The molecule has 1 aromatic carbocycles. The molecule has 0 unspecified atom stereocenters. The Bertz CT molecular complexity index is 638. The Hall–Kier alpha value is -0.990. The van der Waals surface area contributed by atoms with Crippen molar-refractivity contribution in [2.24, 2.45) is 0 Å². The van der Waals surface area contributed by atoms with Crippen LogP contribution in [0.4, 0.5) is 5.69 Å². The van der Waals surface area contributed by atoms with Crippen LogP contribution in [0.3, 0.4) is 0 Å². The first kappa shape index (κ1) is 13.0. The third-order valence-corrected chi connectivity index (χ3v) is 4.44. The zero-order chi connectivity index (χ0) is 13.4. The van der Waals surface area contributed by atoms with Crippen LogP contribution in [-0.4, -0.2) is 12.0 Å². The van der Waals surface area contributed by atoms with E-state index in [9.17, 15) is 0 Å². The number of fused-ring (bicyclic) bond motifs is 2. The fourth-order valence-corrected chi connectivity index (χ4v) is 3.36. The molecule has 1 heterocycles. The average Bonchev–Trinajstić information content (AvgIpc) is 2.66. The van der Waals surface area contributed by atoms with Crippen LogP contribution in [0.2, 0.25) is 10.0 Å². The van der Waals surface area contributed by atoms with E-state index in [-0.39, 0.29) is 0 Å². The van der Waals surface area contributed by atoms with Gasteiger partial charge in [0.25, 0.3) is 0 Å². The molecule has 19 heavy (non-hydrogen) atoms. The zero-order valence-corrected chi connectivity index (χ0v) is 12.4. The zero-order valence-electron chi connectivity index (χ0n) is 10.9. The summed E-state index contributed by atoms with van der Waals surface area (Å²) in [5, 5.41) is 5.65. The number of pyridine rings is 1. The third kappa shape index (κ3) is 2.17. The number of nitrogens with one attached hydrogen (secondary N) is 1. The highest BCUT2D eigenvalue weighted by molar-refractivity contribution is 6.41. The molecule has 1 N–H and O–H groups in total. The lowest BCUT2D eigenvalue weighted by atomic mass is 10.0. The summed E-state index contributed by atoms with van der Waals surface area (Å²) < 4.78 is 0. The van der Waals surface area contributed by atoms with Gasteiger partial charge in [-0.2, -0.15) is 0 Å². The fourth-order valence-electron chi connectivity index (χ4n) is 2.91. The molecule has 1 aliphatic rings. The Balaban J connectivity index is 2.39. The number of anilines is 1. The highest BCUT2D eigenvalue weighted by atomic mass is 35.5. The Morgan fingerprint density at radius 1 is 1.05 bits per heavy atom. The fraction of sp³-hybridized carbons (Fsp3) is 0.400. The molecule has 2 nitrogen and oxygen atoms in total. The summed E-state index contributed by atoms with van der Waals surface area (Å²) >= 11 is 12.6. The van der Waals surface area contributed by atoms with Crippen molar-refractivity contribution in [2.75, 3.05) is 12.4 Å². The van der Waals surface area contributed by atoms with E-state index < -0.39 is 0 Å². The van der Waals surface area contributed by atoms with Crippen molar-refractivity contribution in [1.82, 2.24) is 4.98 Å². The van der Waals surface area contributed by atoms with Crippen LogP contribution in [0.5, 0.6) is 0 Å². The highest BCUT2D eigenvalue weighted by Gasteiger charge is 2.19. The van der Waals surface area contributed by atoms with Gasteiger partial charge in [-0.3, -0.25) is 4.98 Å². The van der Waals surface area contributed by atoms with E-state index in [1.165, 1.54) is 30.5 Å². The number of hydrogen-bond acceptors (Lipinski definition) is 2. The van der Waals surface area contributed by atoms with Gasteiger partial charge in [0.05, 0.1) is 15.6 Å². The standard InChI is InChI=1S/C15H16Cl2N2/c1-18-14-9-5-3-2-4-6-12(9)19-15-11(17)8-7-10(16)13(14)15/h7-8H,2-6H2,1H3,(H,18,19). The Morgan fingerprint density at radius 3 is 2.58 bits per heavy atom. The Kier molecular flexibility index (Phi) is 3.55. The highest BCUT2D eigenvalue weighted by Crippen LogP contribution is 2.38. The maximum absolute atomic E-state index is 6.36. The van der Waals surface area contributed by atoms with E-state index in [0.29, 0.717) is 10.0 Å². The van der Waals surface area contributed by atoms with E-state index >= 15 is 0 Å². The van der Waals surface area contributed by atoms with Crippen molar-refractivity contribution >= 4 is 39.8 Å². The summed E-state index contributed by atoms with van der Waals surface area (Å²) in [6.45, 7) is 0. The SMILES string of the molecule is CNc1c2c(nc3c(Cl)ccc(Cl)c13)CCCCC2. The number of benzene rings is 1. The van der Waals surface area contributed by atoms with E-state index in [1.807, 2.05) is 19.2 Å². The van der Waals surface area contributed by atoms with Crippen LogP contribution < -0.4 is 5.32 Å². The molecule has 0 atom stereocenters. The smallest absolute Gasteiger partial charge is 0.0927 e. The van der Waals surface area contributed by atoms with Gasteiger partial charge in [-0.05, 0) is 43.4 Å². The Morgan fingerprint density at radius 2 is 1.79 bits per heavy atom. The molecule has 4 heteroatoms. The van der Waals surface area contributed by atoms with E-state index in [4.69, 9.17) is 28.2 Å². The van der Waals surface area contributed by atoms with Crippen molar-refractivity contribution < 1.29 is 0 Å². The number of nitrogens with zero attached hydrogens (tertiary/aromatic N) is 1. The number of aryl methyl sites for hydroxylation is 1. The summed E-state index contributed by atoms with van der Waals surface area (Å²) in [6.07, 6.45) is 5.78. The average molecular weight is 295 g/mol. The van der Waals surface area contributed by atoms with Crippen molar-refractivity contribution in [3.8, 4) is 0 Å². The van der Waals surface area contributed by atoms with Gasteiger partial charge in [0.15, 0.2) is 0 Å². The summed E-state index contributed by atoms with van der Waals surface area (Å²) in [6, 6.07) is 3.67. The topological polar surface area (TPSA) is 24.9 Å². The van der Waals surface area contributed by atoms with Crippen LogP contribution in [0, 0.1) is 0 Å². The summed E-state index contributed by atoms with van der Waals surface area (Å²) in [5.74, 6) is 0. The molecule has 0 fully saturated rings. The molecule has 0 radical (unpaired) electrons. The lowest BCUT2D eigenvalue weighted by molar-refractivity contribution is 0.709. The van der Waals surface area contributed by atoms with Crippen LogP contribution >= 0.6 is 23.2 Å². The molecule has 0 spiro atoms. The second-order valence-electron chi connectivity index (χ2n) is 4.98. The van der Waals surface area contributed by atoms with Gasteiger partial charge in [0.1, 0.15) is 0 Å². The molecule has 0 aliphatic heterocycles. The molecule has 0 saturated heterocycles. The molecule has 0 saturated carbocycles. The minimum atomic E-state index is 0.669. The quantitative estimate of drug-likeness (QED) is 0.760. The molecule has 3 rings (SSSR count). The van der Waals surface area contributed by atoms with Gasteiger partial charge in [0.2, 0.25) is 0 Å². The summed E-state index contributed by atoms with van der Waals surface area (Å²) in [7, 11) is 1.94. The predicted octanol–water partition coefficient (Wildman–Crippen LogP) is 4.85. The van der Waals surface area contributed by atoms with Crippen LogP contribution in [0.25, 0.3) is 10.9 Å². The van der Waals surface area contributed by atoms with E-state index in [0.717, 1.165) is 29.4 Å². The van der Waals surface area contributed by atoms with Crippen LogP contribution in [0.1, 0.15) is 30.5 Å². The van der Waals surface area contributed by atoms with Crippen molar-refractivity contribution in [2.45, 2.75) is 32.1 Å². The summed E-state index contributed by atoms with van der Waals surface area (Å²) in [5.41, 5.74) is 4.42. The maximum atomic E-state index is 6.36. The normalized spacial score (nSPS) is 15.1. The minimum Gasteiger partial charge on any atom is -0.387 e. The first-order valence-corrected chi connectivity index (χ1v) is 7.45. The monoisotopic (exact) mass is 294 g/mol. The molecule has 2 aromatic rings. The molecule has 0 bridgehead atoms. The summed E-state index contributed by atoms with van der Waals surface area (Å²) in [4.78, 5) is 4.79. The number of halogens is 2. The predicted molar refractivity (Wildman–Crippen MR) is 82.6 cm³/mol. The van der Waals surface area contributed by atoms with Gasteiger partial charge < -0.3 is 5.32 Å². The lowest BCUT2D eigenvalue weighted by Crippen LogP contribution is -2.04. The largest absolute Gasteiger partial charge is 0.387 e. The number of rotatable bonds is 1. The van der Waals surface area contributed by atoms with Crippen LogP contribution in [0.15, 0.2) is 12.1 Å².